The van der Waals surface area contributed by atoms with Gasteiger partial charge in [-0.2, -0.15) is 4.98 Å². The van der Waals surface area contributed by atoms with Crippen molar-refractivity contribution in [3.8, 4) is 0 Å². The zero-order chi connectivity index (χ0) is 17.1. The average molecular weight is 338 g/mol. The quantitative estimate of drug-likeness (QED) is 0.793. The Morgan fingerprint density at radius 3 is 3.12 bits per heavy atom. The van der Waals surface area contributed by atoms with E-state index < -0.39 is 0 Å². The lowest BCUT2D eigenvalue weighted by molar-refractivity contribution is 0.180. The van der Waals surface area contributed by atoms with Crippen molar-refractivity contribution in [3.63, 3.8) is 0 Å². The van der Waals surface area contributed by atoms with E-state index in [9.17, 15) is 0 Å². The molecule has 1 saturated heterocycles. The molecule has 4 rings (SSSR count). The van der Waals surface area contributed by atoms with Crippen LogP contribution in [0.4, 0.5) is 0 Å². The van der Waals surface area contributed by atoms with Gasteiger partial charge < -0.3 is 4.52 Å². The van der Waals surface area contributed by atoms with Crippen LogP contribution in [0.1, 0.15) is 62.2 Å². The average Bonchev–Trinajstić information content (AvgIpc) is 3.15. The molecule has 1 aliphatic heterocycles. The van der Waals surface area contributed by atoms with Gasteiger partial charge in [0.05, 0.1) is 5.92 Å². The van der Waals surface area contributed by atoms with Crippen LogP contribution < -0.4 is 0 Å². The second kappa shape index (κ2) is 7.08. The highest BCUT2D eigenvalue weighted by Crippen LogP contribution is 2.34. The SMILES string of the molecule is CC1(c2noc(C3CCCN(Cc4cccnc4)C3)n2)C=CCCC1. The number of hydrogen-bond donors (Lipinski definition) is 0. The molecule has 0 aromatic carbocycles. The van der Waals surface area contributed by atoms with Gasteiger partial charge in [0.15, 0.2) is 5.82 Å². The van der Waals surface area contributed by atoms with E-state index in [0.29, 0.717) is 5.92 Å². The van der Waals surface area contributed by atoms with E-state index in [-0.39, 0.29) is 5.41 Å². The highest BCUT2D eigenvalue weighted by atomic mass is 16.5. The summed E-state index contributed by atoms with van der Waals surface area (Å²) in [4.78, 5) is 11.5. The lowest BCUT2D eigenvalue weighted by Crippen LogP contribution is -2.34. The summed E-state index contributed by atoms with van der Waals surface area (Å²) in [7, 11) is 0. The summed E-state index contributed by atoms with van der Waals surface area (Å²) in [6.07, 6.45) is 14.0. The fourth-order valence-corrected chi connectivity index (χ4v) is 3.98. The van der Waals surface area contributed by atoms with Gasteiger partial charge in [0.25, 0.3) is 0 Å². The monoisotopic (exact) mass is 338 g/mol. The summed E-state index contributed by atoms with van der Waals surface area (Å²) in [6, 6.07) is 4.14. The second-order valence-corrected chi connectivity index (χ2v) is 7.60. The van der Waals surface area contributed by atoms with Crippen LogP contribution in [-0.2, 0) is 12.0 Å². The van der Waals surface area contributed by atoms with Crippen LogP contribution in [0.5, 0.6) is 0 Å². The van der Waals surface area contributed by atoms with Gasteiger partial charge in [-0.3, -0.25) is 9.88 Å². The van der Waals surface area contributed by atoms with E-state index in [4.69, 9.17) is 9.51 Å². The molecule has 25 heavy (non-hydrogen) atoms. The third kappa shape index (κ3) is 3.66. The van der Waals surface area contributed by atoms with Crippen LogP contribution in [0.25, 0.3) is 0 Å². The van der Waals surface area contributed by atoms with Crippen molar-refractivity contribution in [1.29, 1.82) is 0 Å². The first-order valence-corrected chi connectivity index (χ1v) is 9.36. The molecule has 132 valence electrons. The maximum atomic E-state index is 5.69. The van der Waals surface area contributed by atoms with Crippen molar-refractivity contribution in [2.75, 3.05) is 13.1 Å². The van der Waals surface area contributed by atoms with Crippen LogP contribution in [-0.4, -0.2) is 33.1 Å². The van der Waals surface area contributed by atoms with E-state index in [2.05, 4.69) is 40.2 Å². The molecule has 1 aliphatic carbocycles. The van der Waals surface area contributed by atoms with Crippen LogP contribution in [0.3, 0.4) is 0 Å². The van der Waals surface area contributed by atoms with Crippen molar-refractivity contribution in [3.05, 3.63) is 54.0 Å². The number of hydrogen-bond acceptors (Lipinski definition) is 5. The molecule has 0 bridgehead atoms. The van der Waals surface area contributed by atoms with Crippen molar-refractivity contribution < 1.29 is 4.52 Å². The molecule has 2 aliphatic rings. The fraction of sp³-hybridized carbons (Fsp3) is 0.550. The number of piperidine rings is 1. The lowest BCUT2D eigenvalue weighted by Gasteiger charge is -2.30. The first-order valence-electron chi connectivity index (χ1n) is 9.36. The van der Waals surface area contributed by atoms with E-state index in [0.717, 1.165) is 50.6 Å². The predicted octanol–water partition coefficient (Wildman–Crippen LogP) is 3.84. The van der Waals surface area contributed by atoms with Gasteiger partial charge in [-0.25, -0.2) is 0 Å². The van der Waals surface area contributed by atoms with Gasteiger partial charge in [-0.1, -0.05) is 23.4 Å². The first kappa shape index (κ1) is 16.5. The normalized spacial score (nSPS) is 27.5. The van der Waals surface area contributed by atoms with Crippen LogP contribution in [0.15, 0.2) is 41.2 Å². The zero-order valence-electron chi connectivity index (χ0n) is 14.9. The van der Waals surface area contributed by atoms with Crippen molar-refractivity contribution in [2.24, 2.45) is 0 Å². The topological polar surface area (TPSA) is 55.1 Å². The second-order valence-electron chi connectivity index (χ2n) is 7.60. The maximum Gasteiger partial charge on any atom is 0.231 e. The molecule has 5 heteroatoms. The van der Waals surface area contributed by atoms with Crippen molar-refractivity contribution in [2.45, 2.75) is 56.9 Å². The molecule has 0 saturated carbocycles. The van der Waals surface area contributed by atoms with Crippen molar-refractivity contribution >= 4 is 0 Å². The number of allylic oxidation sites excluding steroid dienone is 2. The largest absolute Gasteiger partial charge is 0.339 e. The van der Waals surface area contributed by atoms with Crippen LogP contribution in [0, 0.1) is 0 Å². The molecular formula is C20H26N4O. The van der Waals surface area contributed by atoms with E-state index in [1.165, 1.54) is 18.4 Å². The van der Waals surface area contributed by atoms with Gasteiger partial charge in [0, 0.05) is 30.9 Å². The summed E-state index contributed by atoms with van der Waals surface area (Å²) in [5.74, 6) is 2.00. The van der Waals surface area contributed by atoms with Gasteiger partial charge in [-0.05, 0) is 57.2 Å². The van der Waals surface area contributed by atoms with Crippen LogP contribution >= 0.6 is 0 Å². The molecule has 5 nitrogen and oxygen atoms in total. The minimum atomic E-state index is -0.0654. The van der Waals surface area contributed by atoms with E-state index >= 15 is 0 Å². The van der Waals surface area contributed by atoms with Gasteiger partial charge >= 0.3 is 0 Å². The summed E-state index contributed by atoms with van der Waals surface area (Å²) in [5.41, 5.74) is 1.19. The molecule has 0 amide bonds. The first-order chi connectivity index (χ1) is 12.2. The standard InChI is InChI=1S/C20H26N4O/c1-20(9-3-2-4-10-20)19-22-18(25-23-19)17-8-6-12-24(15-17)14-16-7-5-11-21-13-16/h3,5,7,9,11,13,17H,2,4,6,8,10,12,14-15H2,1H3. The molecule has 0 spiro atoms. The molecule has 0 radical (unpaired) electrons. The minimum absolute atomic E-state index is 0.0654. The number of nitrogens with zero attached hydrogens (tertiary/aromatic N) is 4. The molecular weight excluding hydrogens is 312 g/mol. The van der Waals surface area contributed by atoms with Crippen LogP contribution in [0.2, 0.25) is 0 Å². The Kier molecular flexibility index (Phi) is 4.66. The van der Waals surface area contributed by atoms with E-state index in [1.807, 2.05) is 18.5 Å². The highest BCUT2D eigenvalue weighted by molar-refractivity contribution is 5.19. The molecule has 2 atom stereocenters. The highest BCUT2D eigenvalue weighted by Gasteiger charge is 2.33. The third-order valence-electron chi connectivity index (χ3n) is 5.49. The predicted molar refractivity (Wildman–Crippen MR) is 96.1 cm³/mol. The van der Waals surface area contributed by atoms with Gasteiger partial charge in [-0.15, -0.1) is 0 Å². The Morgan fingerprint density at radius 2 is 2.32 bits per heavy atom. The number of likely N-dealkylation sites (tertiary alicyclic amines) is 1. The Bertz CT molecular complexity index is 726. The molecule has 2 aromatic heterocycles. The zero-order valence-corrected chi connectivity index (χ0v) is 14.9. The lowest BCUT2D eigenvalue weighted by atomic mass is 9.80. The minimum Gasteiger partial charge on any atom is -0.339 e. The van der Waals surface area contributed by atoms with Gasteiger partial charge in [0.1, 0.15) is 0 Å². The Balaban J connectivity index is 1.45. The van der Waals surface area contributed by atoms with E-state index in [1.54, 1.807) is 0 Å². The summed E-state index contributed by atoms with van der Waals surface area (Å²) in [5, 5.41) is 4.33. The third-order valence-corrected chi connectivity index (χ3v) is 5.49. The molecule has 3 heterocycles. The summed E-state index contributed by atoms with van der Waals surface area (Å²) >= 11 is 0. The van der Waals surface area contributed by atoms with Crippen molar-refractivity contribution in [1.82, 2.24) is 20.0 Å². The maximum absolute atomic E-state index is 5.69. The summed E-state index contributed by atoms with van der Waals surface area (Å²) < 4.78 is 5.69. The van der Waals surface area contributed by atoms with Gasteiger partial charge in [0.2, 0.25) is 5.89 Å². The Hall–Kier alpha value is -2.01. The summed E-state index contributed by atoms with van der Waals surface area (Å²) in [6.45, 7) is 5.24. The Morgan fingerprint density at radius 1 is 1.36 bits per heavy atom. The fourth-order valence-electron chi connectivity index (χ4n) is 3.98. The number of aromatic nitrogens is 3. The molecule has 0 N–H and O–H groups in total. The molecule has 2 unspecified atom stereocenters. The number of pyridine rings is 1. The molecule has 1 fully saturated rings. The Labute approximate surface area is 149 Å². The number of rotatable bonds is 4. The molecule has 2 aromatic rings. The smallest absolute Gasteiger partial charge is 0.231 e.